The number of rotatable bonds is 6. The van der Waals surface area contributed by atoms with E-state index in [1.165, 1.54) is 57.8 Å². The van der Waals surface area contributed by atoms with E-state index in [0.29, 0.717) is 31.0 Å². The molecular formula is C21H37N3O2. The van der Waals surface area contributed by atoms with Gasteiger partial charge in [0.25, 0.3) is 0 Å². The maximum atomic E-state index is 12.6. The molecule has 2 atom stereocenters. The number of amides is 3. The minimum Gasteiger partial charge on any atom is -0.339 e. The van der Waals surface area contributed by atoms with E-state index >= 15 is 0 Å². The molecule has 2 saturated carbocycles. The third kappa shape index (κ3) is 5.62. The van der Waals surface area contributed by atoms with Gasteiger partial charge in [0.2, 0.25) is 5.91 Å². The van der Waals surface area contributed by atoms with E-state index in [9.17, 15) is 9.59 Å². The number of urea groups is 1. The standard InChI is InChI=1S/C21H37N3O2/c25-20(24-16-8-10-17-9-4-5-13-19(17)24)14-6-7-15-22-21(26)23-18-11-2-1-3-12-18/h17-19H,1-16H2,(H2,22,23,26). The third-order valence-corrected chi connectivity index (χ3v) is 6.61. The van der Waals surface area contributed by atoms with Gasteiger partial charge in [0.1, 0.15) is 0 Å². The normalized spacial score (nSPS) is 26.8. The number of hydrogen-bond donors (Lipinski definition) is 2. The minimum atomic E-state index is -0.0377. The van der Waals surface area contributed by atoms with Gasteiger partial charge < -0.3 is 15.5 Å². The number of hydrogen-bond acceptors (Lipinski definition) is 2. The van der Waals surface area contributed by atoms with Crippen LogP contribution in [0, 0.1) is 5.92 Å². The molecule has 2 unspecified atom stereocenters. The summed E-state index contributed by atoms with van der Waals surface area (Å²) in [6.45, 7) is 1.62. The molecule has 3 amide bonds. The van der Waals surface area contributed by atoms with Crippen LogP contribution in [0.5, 0.6) is 0 Å². The summed E-state index contributed by atoms with van der Waals surface area (Å²) in [4.78, 5) is 26.7. The number of fused-ring (bicyclic) bond motifs is 1. The first-order chi connectivity index (χ1) is 12.7. The Labute approximate surface area is 158 Å². The van der Waals surface area contributed by atoms with Gasteiger partial charge >= 0.3 is 6.03 Å². The molecule has 148 valence electrons. The highest BCUT2D eigenvalue weighted by atomic mass is 16.2. The van der Waals surface area contributed by atoms with Gasteiger partial charge in [0, 0.05) is 31.6 Å². The highest BCUT2D eigenvalue weighted by Crippen LogP contribution is 2.35. The fourth-order valence-corrected chi connectivity index (χ4v) is 5.16. The summed E-state index contributed by atoms with van der Waals surface area (Å²) in [5.74, 6) is 1.10. The molecular weight excluding hydrogens is 326 g/mol. The van der Waals surface area contributed by atoms with Crippen LogP contribution in [0.15, 0.2) is 0 Å². The van der Waals surface area contributed by atoms with Gasteiger partial charge in [-0.3, -0.25) is 4.79 Å². The van der Waals surface area contributed by atoms with Crippen LogP contribution in [0.2, 0.25) is 0 Å². The van der Waals surface area contributed by atoms with Crippen LogP contribution in [0.4, 0.5) is 4.79 Å². The zero-order valence-electron chi connectivity index (χ0n) is 16.3. The predicted molar refractivity (Wildman–Crippen MR) is 104 cm³/mol. The molecule has 3 rings (SSSR count). The average Bonchev–Trinajstić information content (AvgIpc) is 2.68. The highest BCUT2D eigenvalue weighted by Gasteiger charge is 2.35. The molecule has 0 bridgehead atoms. The van der Waals surface area contributed by atoms with Gasteiger partial charge in [-0.05, 0) is 57.3 Å². The molecule has 26 heavy (non-hydrogen) atoms. The SMILES string of the molecule is O=C(NCCCCC(=O)N1CCCC2CCCCC21)NC1CCCCC1. The molecule has 0 aromatic rings. The molecule has 3 fully saturated rings. The highest BCUT2D eigenvalue weighted by molar-refractivity contribution is 5.76. The summed E-state index contributed by atoms with van der Waals surface area (Å²) in [5, 5.41) is 6.03. The Hall–Kier alpha value is -1.26. The molecule has 0 aromatic heterocycles. The van der Waals surface area contributed by atoms with Crippen molar-refractivity contribution in [3.05, 3.63) is 0 Å². The van der Waals surface area contributed by atoms with Crippen molar-refractivity contribution in [2.45, 2.75) is 102 Å². The lowest BCUT2D eigenvalue weighted by molar-refractivity contribution is -0.137. The van der Waals surface area contributed by atoms with Gasteiger partial charge in [-0.25, -0.2) is 4.79 Å². The second-order valence-electron chi connectivity index (χ2n) is 8.53. The first kappa shape index (κ1) is 19.5. The number of nitrogens with zero attached hydrogens (tertiary/aromatic N) is 1. The Balaban J connectivity index is 1.28. The van der Waals surface area contributed by atoms with E-state index in [1.54, 1.807) is 0 Å². The van der Waals surface area contributed by atoms with Crippen molar-refractivity contribution in [2.75, 3.05) is 13.1 Å². The largest absolute Gasteiger partial charge is 0.339 e. The molecule has 1 heterocycles. The first-order valence-electron chi connectivity index (χ1n) is 11.1. The second kappa shape index (κ2) is 10.2. The van der Waals surface area contributed by atoms with Gasteiger partial charge in [0.15, 0.2) is 0 Å². The molecule has 2 aliphatic carbocycles. The summed E-state index contributed by atoms with van der Waals surface area (Å²) in [6, 6.07) is 0.835. The second-order valence-corrected chi connectivity index (χ2v) is 8.53. The number of likely N-dealkylation sites (tertiary alicyclic amines) is 1. The van der Waals surface area contributed by atoms with Crippen LogP contribution in [-0.4, -0.2) is 42.0 Å². The molecule has 3 aliphatic rings. The minimum absolute atomic E-state index is 0.0377. The van der Waals surface area contributed by atoms with Crippen molar-refractivity contribution in [1.29, 1.82) is 0 Å². The number of piperidine rings is 1. The number of nitrogens with one attached hydrogen (secondary N) is 2. The van der Waals surface area contributed by atoms with Crippen LogP contribution < -0.4 is 10.6 Å². The van der Waals surface area contributed by atoms with Crippen molar-refractivity contribution in [3.63, 3.8) is 0 Å². The van der Waals surface area contributed by atoms with Gasteiger partial charge in [-0.15, -0.1) is 0 Å². The number of carbonyl (C=O) groups is 2. The van der Waals surface area contributed by atoms with Crippen LogP contribution in [-0.2, 0) is 4.79 Å². The number of unbranched alkanes of at least 4 members (excludes halogenated alkanes) is 1. The maximum absolute atomic E-state index is 12.6. The average molecular weight is 364 g/mol. The van der Waals surface area contributed by atoms with Crippen molar-refractivity contribution < 1.29 is 9.59 Å². The lowest BCUT2D eigenvalue weighted by Gasteiger charge is -2.44. The zero-order chi connectivity index (χ0) is 18.2. The summed E-state index contributed by atoms with van der Waals surface area (Å²) >= 11 is 0. The Morgan fingerprint density at radius 3 is 2.42 bits per heavy atom. The van der Waals surface area contributed by atoms with Crippen molar-refractivity contribution in [2.24, 2.45) is 5.92 Å². The molecule has 0 spiro atoms. The Morgan fingerprint density at radius 1 is 0.846 bits per heavy atom. The molecule has 2 N–H and O–H groups in total. The smallest absolute Gasteiger partial charge is 0.315 e. The zero-order valence-corrected chi connectivity index (χ0v) is 16.3. The quantitative estimate of drug-likeness (QED) is 0.702. The lowest BCUT2D eigenvalue weighted by Crippen LogP contribution is -2.49. The van der Waals surface area contributed by atoms with E-state index in [1.807, 2.05) is 0 Å². The Morgan fingerprint density at radius 2 is 1.58 bits per heavy atom. The van der Waals surface area contributed by atoms with E-state index in [0.717, 1.165) is 38.1 Å². The van der Waals surface area contributed by atoms with Crippen LogP contribution in [0.3, 0.4) is 0 Å². The summed E-state index contributed by atoms with van der Waals surface area (Å²) < 4.78 is 0. The predicted octanol–water partition coefficient (Wildman–Crippen LogP) is 3.97. The van der Waals surface area contributed by atoms with E-state index in [4.69, 9.17) is 0 Å². The Kier molecular flexibility index (Phi) is 7.63. The van der Waals surface area contributed by atoms with E-state index in [2.05, 4.69) is 15.5 Å². The van der Waals surface area contributed by atoms with E-state index < -0.39 is 0 Å². The Bertz CT molecular complexity index is 460. The summed E-state index contributed by atoms with van der Waals surface area (Å²) in [7, 11) is 0. The molecule has 1 saturated heterocycles. The molecule has 1 aliphatic heterocycles. The first-order valence-corrected chi connectivity index (χ1v) is 11.1. The van der Waals surface area contributed by atoms with Gasteiger partial charge in [-0.1, -0.05) is 32.1 Å². The van der Waals surface area contributed by atoms with Crippen LogP contribution in [0.25, 0.3) is 0 Å². The van der Waals surface area contributed by atoms with E-state index in [-0.39, 0.29) is 6.03 Å². The third-order valence-electron chi connectivity index (χ3n) is 6.61. The fourth-order valence-electron chi connectivity index (χ4n) is 5.16. The number of carbonyl (C=O) groups excluding carboxylic acids is 2. The molecule has 0 radical (unpaired) electrons. The fraction of sp³-hybridized carbons (Fsp3) is 0.905. The van der Waals surface area contributed by atoms with Crippen LogP contribution >= 0.6 is 0 Å². The van der Waals surface area contributed by atoms with Crippen molar-refractivity contribution in [1.82, 2.24) is 15.5 Å². The molecule has 5 nitrogen and oxygen atoms in total. The van der Waals surface area contributed by atoms with Crippen LogP contribution in [0.1, 0.15) is 89.9 Å². The topological polar surface area (TPSA) is 61.4 Å². The summed E-state index contributed by atoms with van der Waals surface area (Å²) in [5.41, 5.74) is 0. The van der Waals surface area contributed by atoms with Crippen molar-refractivity contribution >= 4 is 11.9 Å². The monoisotopic (exact) mass is 363 g/mol. The van der Waals surface area contributed by atoms with Gasteiger partial charge in [-0.2, -0.15) is 0 Å². The summed E-state index contributed by atoms with van der Waals surface area (Å²) in [6.07, 6.45) is 16.0. The van der Waals surface area contributed by atoms with Crippen molar-refractivity contribution in [3.8, 4) is 0 Å². The maximum Gasteiger partial charge on any atom is 0.315 e. The molecule has 5 heteroatoms. The van der Waals surface area contributed by atoms with Gasteiger partial charge in [0.05, 0.1) is 0 Å². The lowest BCUT2D eigenvalue weighted by atomic mass is 9.78. The molecule has 0 aromatic carbocycles.